The molecule has 1 amide bonds. The number of nitrogens with two attached hydrogens (primary N) is 2. The molecule has 0 fully saturated rings. The van der Waals surface area contributed by atoms with Crippen molar-refractivity contribution in [3.63, 3.8) is 0 Å². The van der Waals surface area contributed by atoms with Gasteiger partial charge in [-0.05, 0) is 95.7 Å². The van der Waals surface area contributed by atoms with E-state index in [2.05, 4.69) is 44.4 Å². The molecule has 0 aliphatic heterocycles. The molecule has 0 saturated carbocycles. The molecule has 0 aliphatic carbocycles. The molecule has 0 saturated heterocycles. The number of fused-ring (bicyclic) bond motifs is 1. The van der Waals surface area contributed by atoms with E-state index in [1.54, 1.807) is 12.4 Å². The molecular formula is C33H39N7O. The van der Waals surface area contributed by atoms with Crippen molar-refractivity contribution in [1.29, 1.82) is 0 Å². The van der Waals surface area contributed by atoms with Crippen LogP contribution in [-0.2, 0) is 4.79 Å². The van der Waals surface area contributed by atoms with Gasteiger partial charge in [0.2, 0.25) is 5.91 Å². The molecule has 41 heavy (non-hydrogen) atoms. The Bertz CT molecular complexity index is 1520. The van der Waals surface area contributed by atoms with Crippen molar-refractivity contribution in [1.82, 2.24) is 4.90 Å². The Morgan fingerprint density at radius 3 is 1.61 bits per heavy atom. The zero-order valence-corrected chi connectivity index (χ0v) is 23.9. The van der Waals surface area contributed by atoms with Crippen molar-refractivity contribution in [2.24, 2.45) is 11.5 Å². The Kier molecular flexibility index (Phi) is 9.85. The fourth-order valence-electron chi connectivity index (χ4n) is 4.33. The Labute approximate surface area is 242 Å². The van der Waals surface area contributed by atoms with Gasteiger partial charge in [-0.2, -0.15) is 0 Å². The second-order valence-electron chi connectivity index (χ2n) is 9.68. The zero-order chi connectivity index (χ0) is 29.2. The molecule has 0 spiro atoms. The van der Waals surface area contributed by atoms with Crippen LogP contribution in [0.1, 0.15) is 25.0 Å². The molecule has 0 unspecified atom stereocenters. The van der Waals surface area contributed by atoms with E-state index >= 15 is 0 Å². The van der Waals surface area contributed by atoms with Crippen molar-refractivity contribution in [3.05, 3.63) is 108 Å². The monoisotopic (exact) mass is 549 g/mol. The average molecular weight is 550 g/mol. The topological polar surface area (TPSA) is 120 Å². The van der Waals surface area contributed by atoms with Crippen LogP contribution in [0, 0.1) is 0 Å². The Morgan fingerprint density at radius 2 is 1.15 bits per heavy atom. The lowest BCUT2D eigenvalue weighted by molar-refractivity contribution is -0.117. The minimum absolute atomic E-state index is 0.0222. The number of carbonyl (C=O) groups excluding carboxylic acids is 1. The highest BCUT2D eigenvalue weighted by Gasteiger charge is 2.08. The number of carbonyl (C=O) groups is 1. The molecule has 8 nitrogen and oxygen atoms in total. The molecule has 4 aromatic rings. The van der Waals surface area contributed by atoms with E-state index in [1.165, 1.54) is 0 Å². The molecule has 4 aromatic carbocycles. The van der Waals surface area contributed by atoms with Gasteiger partial charge < -0.3 is 32.7 Å². The third-order valence-corrected chi connectivity index (χ3v) is 6.90. The molecule has 0 radical (unpaired) electrons. The molecule has 8 heteroatoms. The van der Waals surface area contributed by atoms with Crippen LogP contribution in [0.3, 0.4) is 0 Å². The van der Waals surface area contributed by atoms with Gasteiger partial charge >= 0.3 is 0 Å². The normalized spacial score (nSPS) is 11.9. The van der Waals surface area contributed by atoms with E-state index in [1.807, 2.05) is 87.6 Å². The first-order valence-electron chi connectivity index (χ1n) is 13.8. The summed E-state index contributed by atoms with van der Waals surface area (Å²) < 4.78 is 0. The predicted octanol–water partition coefficient (Wildman–Crippen LogP) is 5.90. The number of benzene rings is 4. The quantitative estimate of drug-likeness (QED) is 0.130. The first kappa shape index (κ1) is 29.0. The summed E-state index contributed by atoms with van der Waals surface area (Å²) in [6.45, 7) is 6.16. The summed E-state index contributed by atoms with van der Waals surface area (Å²) >= 11 is 0. The average Bonchev–Trinajstić information content (AvgIpc) is 3.01. The number of likely N-dealkylation sites (N-methyl/N-ethyl adjacent to an activating group) is 1. The van der Waals surface area contributed by atoms with Crippen molar-refractivity contribution < 1.29 is 4.79 Å². The number of nitrogens with zero attached hydrogens (tertiary/aromatic N) is 1. The second-order valence-corrected chi connectivity index (χ2v) is 9.68. The summed E-state index contributed by atoms with van der Waals surface area (Å²) in [6, 6.07) is 27.8. The maximum Gasteiger partial charge on any atom is 0.238 e. The van der Waals surface area contributed by atoms with Crippen molar-refractivity contribution in [2.45, 2.75) is 13.8 Å². The van der Waals surface area contributed by atoms with Gasteiger partial charge in [0.1, 0.15) is 0 Å². The van der Waals surface area contributed by atoms with Crippen LogP contribution >= 0.6 is 0 Å². The molecule has 212 valence electrons. The fourth-order valence-corrected chi connectivity index (χ4v) is 4.33. The highest BCUT2D eigenvalue weighted by molar-refractivity contribution is 5.92. The summed E-state index contributed by atoms with van der Waals surface area (Å²) in [4.78, 5) is 14.3. The number of hydrogen-bond donors (Lipinski definition) is 6. The van der Waals surface area contributed by atoms with Crippen LogP contribution in [0.5, 0.6) is 0 Å². The van der Waals surface area contributed by atoms with Crippen molar-refractivity contribution in [3.8, 4) is 0 Å². The SMILES string of the molecule is CCN(CC)CC(=O)Nc1ccc(N/C=C(\N)c2ccc3ccc(/C(N)=C/Nc4ccc(NC)cc4)cc3c2)cc1. The van der Waals surface area contributed by atoms with Crippen LogP contribution in [0.2, 0.25) is 0 Å². The summed E-state index contributed by atoms with van der Waals surface area (Å²) in [5.74, 6) is -0.0222. The molecular weight excluding hydrogens is 510 g/mol. The number of amides is 1. The number of nitrogens with one attached hydrogen (secondary N) is 4. The predicted molar refractivity (Wildman–Crippen MR) is 174 cm³/mol. The summed E-state index contributed by atoms with van der Waals surface area (Å²) in [7, 11) is 1.89. The van der Waals surface area contributed by atoms with Gasteiger partial charge in [0.25, 0.3) is 0 Å². The van der Waals surface area contributed by atoms with Crippen LogP contribution in [-0.4, -0.2) is 37.5 Å². The van der Waals surface area contributed by atoms with Crippen LogP contribution in [0.4, 0.5) is 22.7 Å². The highest BCUT2D eigenvalue weighted by Crippen LogP contribution is 2.23. The number of rotatable bonds is 12. The standard InChI is InChI=1S/C33H39N7O/c1-4-40(5-2)22-33(41)39-30-16-14-29(15-17-30)38-21-32(35)25-9-7-23-6-8-24(18-26(23)19-25)31(34)20-37-28-12-10-27(36-3)11-13-28/h6-21,36-38H,4-5,22,34-35H2,1-3H3,(H,39,41)/b31-20-,32-21-. The number of hydrogen-bond acceptors (Lipinski definition) is 7. The molecule has 0 aromatic heterocycles. The Balaban J connectivity index is 1.40. The van der Waals surface area contributed by atoms with Gasteiger partial charge in [-0.15, -0.1) is 0 Å². The minimum Gasteiger partial charge on any atom is -0.397 e. The van der Waals surface area contributed by atoms with Crippen LogP contribution in [0.25, 0.3) is 22.2 Å². The largest absolute Gasteiger partial charge is 0.397 e. The molecule has 8 N–H and O–H groups in total. The van der Waals surface area contributed by atoms with E-state index in [0.717, 1.165) is 57.7 Å². The molecule has 4 rings (SSSR count). The van der Waals surface area contributed by atoms with Gasteiger partial charge in [0, 0.05) is 42.2 Å². The van der Waals surface area contributed by atoms with Crippen molar-refractivity contribution >= 4 is 50.8 Å². The molecule has 0 heterocycles. The molecule has 0 atom stereocenters. The highest BCUT2D eigenvalue weighted by atomic mass is 16.2. The van der Waals surface area contributed by atoms with E-state index in [9.17, 15) is 4.79 Å². The van der Waals surface area contributed by atoms with Gasteiger partial charge in [0.15, 0.2) is 0 Å². The Hall–Kier alpha value is -4.95. The van der Waals surface area contributed by atoms with Crippen molar-refractivity contribution in [2.75, 3.05) is 47.9 Å². The first-order valence-corrected chi connectivity index (χ1v) is 13.8. The Morgan fingerprint density at radius 1 is 0.683 bits per heavy atom. The number of anilines is 4. The third kappa shape index (κ3) is 8.03. The maximum atomic E-state index is 12.3. The van der Waals surface area contributed by atoms with E-state index in [4.69, 9.17) is 11.5 Å². The zero-order valence-electron chi connectivity index (χ0n) is 23.9. The van der Waals surface area contributed by atoms with E-state index in [0.29, 0.717) is 17.9 Å². The fraction of sp³-hybridized carbons (Fsp3) is 0.182. The maximum absolute atomic E-state index is 12.3. The summed E-state index contributed by atoms with van der Waals surface area (Å²) in [5, 5.41) is 14.7. The lowest BCUT2D eigenvalue weighted by atomic mass is 10.0. The second kappa shape index (κ2) is 13.9. The summed E-state index contributed by atoms with van der Waals surface area (Å²) in [6.07, 6.45) is 3.58. The van der Waals surface area contributed by atoms with Gasteiger partial charge in [-0.3, -0.25) is 9.69 Å². The van der Waals surface area contributed by atoms with Crippen LogP contribution < -0.4 is 32.7 Å². The smallest absolute Gasteiger partial charge is 0.238 e. The molecule has 0 bridgehead atoms. The first-order chi connectivity index (χ1) is 19.9. The minimum atomic E-state index is -0.0222. The van der Waals surface area contributed by atoms with Gasteiger partial charge in [0.05, 0.1) is 17.9 Å². The third-order valence-electron chi connectivity index (χ3n) is 6.90. The lowest BCUT2D eigenvalue weighted by Gasteiger charge is -2.17. The van der Waals surface area contributed by atoms with Gasteiger partial charge in [-0.25, -0.2) is 0 Å². The van der Waals surface area contributed by atoms with Gasteiger partial charge in [-0.1, -0.05) is 38.1 Å². The summed E-state index contributed by atoms with van der Waals surface area (Å²) in [5.41, 5.74) is 19.5. The van der Waals surface area contributed by atoms with E-state index in [-0.39, 0.29) is 5.91 Å². The molecule has 0 aliphatic rings. The van der Waals surface area contributed by atoms with Crippen LogP contribution in [0.15, 0.2) is 97.3 Å². The lowest BCUT2D eigenvalue weighted by Crippen LogP contribution is -2.32. The van der Waals surface area contributed by atoms with E-state index < -0.39 is 0 Å².